The van der Waals surface area contributed by atoms with E-state index in [1.54, 1.807) is 6.92 Å². The summed E-state index contributed by atoms with van der Waals surface area (Å²) in [6, 6.07) is 3.32. The van der Waals surface area contributed by atoms with Crippen LogP contribution in [0.5, 0.6) is 11.5 Å². The van der Waals surface area contributed by atoms with E-state index in [1.807, 2.05) is 0 Å². The molecule has 0 bridgehead atoms. The lowest BCUT2D eigenvalue weighted by Crippen LogP contribution is -2.43. The predicted molar refractivity (Wildman–Crippen MR) is 97.7 cm³/mol. The largest absolute Gasteiger partial charge is 0.573 e. The average Bonchev–Trinajstić information content (AvgIpc) is 2.49. The minimum Gasteiger partial charge on any atom is -0.488 e. The number of alkyl halides is 3. The lowest BCUT2D eigenvalue weighted by molar-refractivity contribution is -0.274. The second-order valence-corrected chi connectivity index (χ2v) is 12.5. The van der Waals surface area contributed by atoms with Crippen molar-refractivity contribution in [3.8, 4) is 11.5 Å². The van der Waals surface area contributed by atoms with Crippen molar-refractivity contribution >= 4 is 14.3 Å². The van der Waals surface area contributed by atoms with Gasteiger partial charge < -0.3 is 18.6 Å². The maximum Gasteiger partial charge on any atom is 0.573 e. The Hall–Kier alpha value is -1.74. The third kappa shape index (κ3) is 7.41. The fourth-order valence-corrected chi connectivity index (χ4v) is 2.96. The van der Waals surface area contributed by atoms with Gasteiger partial charge in [0.15, 0.2) is 8.32 Å². The maximum absolute atomic E-state index is 12.5. The van der Waals surface area contributed by atoms with E-state index in [2.05, 4.69) is 43.3 Å². The SMILES string of the molecule is COC(=O)c1cc(O[C@@H](C)CO[Si](C)(C)C(C)(C)C)cc(OC(F)(F)F)c1. The molecule has 0 aliphatic rings. The number of carbonyl (C=O) groups excluding carboxylic acids is 1. The third-order valence-electron chi connectivity index (χ3n) is 4.36. The standard InChI is InChI=1S/C18H27F3O5Si/c1-12(11-24-27(6,7)17(2,3)4)25-14-8-13(16(22)23-5)9-15(10-14)26-18(19,20)21/h8-10,12H,11H2,1-7H3/t12-/m0/s1. The topological polar surface area (TPSA) is 54.0 Å². The molecule has 5 nitrogen and oxygen atoms in total. The molecular formula is C18H27F3O5Si. The van der Waals surface area contributed by atoms with Crippen molar-refractivity contribution in [2.75, 3.05) is 13.7 Å². The Bertz CT molecular complexity index is 653. The number of methoxy groups -OCH3 is 1. The van der Waals surface area contributed by atoms with Crippen molar-refractivity contribution in [3.63, 3.8) is 0 Å². The van der Waals surface area contributed by atoms with Crippen LogP contribution in [0.25, 0.3) is 0 Å². The number of esters is 1. The molecule has 1 aromatic rings. The molecular weight excluding hydrogens is 381 g/mol. The maximum atomic E-state index is 12.5. The first-order valence-electron chi connectivity index (χ1n) is 8.44. The molecule has 27 heavy (non-hydrogen) atoms. The van der Waals surface area contributed by atoms with Crippen molar-refractivity contribution < 1.29 is 36.6 Å². The first kappa shape index (κ1) is 23.3. The van der Waals surface area contributed by atoms with Gasteiger partial charge in [0, 0.05) is 6.07 Å². The van der Waals surface area contributed by atoms with Crippen LogP contribution < -0.4 is 9.47 Å². The summed E-state index contributed by atoms with van der Waals surface area (Å²) in [5.74, 6) is -1.29. The van der Waals surface area contributed by atoms with E-state index in [0.717, 1.165) is 19.2 Å². The fourth-order valence-electron chi connectivity index (χ4n) is 1.88. The van der Waals surface area contributed by atoms with E-state index in [4.69, 9.17) is 9.16 Å². The van der Waals surface area contributed by atoms with Crippen molar-refractivity contribution in [2.45, 2.75) is 58.3 Å². The van der Waals surface area contributed by atoms with Gasteiger partial charge in [0.1, 0.15) is 17.6 Å². The highest BCUT2D eigenvalue weighted by Crippen LogP contribution is 2.36. The number of ether oxygens (including phenoxy) is 3. The van der Waals surface area contributed by atoms with Crippen molar-refractivity contribution in [2.24, 2.45) is 0 Å². The third-order valence-corrected chi connectivity index (χ3v) is 8.86. The van der Waals surface area contributed by atoms with Gasteiger partial charge in [-0.1, -0.05) is 20.8 Å². The smallest absolute Gasteiger partial charge is 0.488 e. The Morgan fingerprint density at radius 2 is 1.67 bits per heavy atom. The molecule has 0 radical (unpaired) electrons. The molecule has 0 aliphatic heterocycles. The summed E-state index contributed by atoms with van der Waals surface area (Å²) in [4.78, 5) is 11.7. The van der Waals surface area contributed by atoms with Gasteiger partial charge in [-0.15, -0.1) is 13.2 Å². The minimum absolute atomic E-state index is 0.0191. The van der Waals surface area contributed by atoms with Gasteiger partial charge in [-0.05, 0) is 37.2 Å². The van der Waals surface area contributed by atoms with Crippen LogP contribution in [0.15, 0.2) is 18.2 Å². The Morgan fingerprint density at radius 1 is 1.11 bits per heavy atom. The van der Waals surface area contributed by atoms with Crippen LogP contribution in [0, 0.1) is 0 Å². The Kier molecular flexibility index (Phi) is 7.35. The van der Waals surface area contributed by atoms with Gasteiger partial charge in [0.05, 0.1) is 19.3 Å². The first-order valence-corrected chi connectivity index (χ1v) is 11.4. The summed E-state index contributed by atoms with van der Waals surface area (Å²) in [7, 11) is -0.855. The van der Waals surface area contributed by atoms with Crippen LogP contribution in [-0.2, 0) is 9.16 Å². The van der Waals surface area contributed by atoms with E-state index in [1.165, 1.54) is 6.07 Å². The van der Waals surface area contributed by atoms with Crippen LogP contribution >= 0.6 is 0 Å². The van der Waals surface area contributed by atoms with E-state index in [9.17, 15) is 18.0 Å². The van der Waals surface area contributed by atoms with Crippen LogP contribution in [0.1, 0.15) is 38.1 Å². The molecule has 0 heterocycles. The summed E-state index contributed by atoms with van der Waals surface area (Å²) in [5.41, 5.74) is -0.105. The predicted octanol–water partition coefficient (Wildman–Crippen LogP) is 5.16. The molecule has 0 aliphatic carbocycles. The normalized spacial score (nSPS) is 13.9. The van der Waals surface area contributed by atoms with Crippen LogP contribution in [-0.4, -0.2) is 40.5 Å². The number of benzene rings is 1. The minimum atomic E-state index is -4.89. The summed E-state index contributed by atoms with van der Waals surface area (Å²) >= 11 is 0. The number of halogens is 3. The zero-order chi connectivity index (χ0) is 21.0. The van der Waals surface area contributed by atoms with Gasteiger partial charge in [-0.3, -0.25) is 0 Å². The number of hydrogen-bond donors (Lipinski definition) is 0. The number of hydrogen-bond acceptors (Lipinski definition) is 5. The summed E-state index contributed by atoms with van der Waals surface area (Å²) in [6.07, 6.45) is -5.32. The van der Waals surface area contributed by atoms with Gasteiger partial charge in [-0.25, -0.2) is 4.79 Å². The molecule has 0 saturated heterocycles. The second-order valence-electron chi connectivity index (χ2n) is 7.73. The van der Waals surface area contributed by atoms with Crippen molar-refractivity contribution in [3.05, 3.63) is 23.8 Å². The average molecular weight is 408 g/mol. The summed E-state index contributed by atoms with van der Waals surface area (Å²) in [5, 5.41) is 0.0191. The van der Waals surface area contributed by atoms with E-state index in [0.29, 0.717) is 0 Å². The van der Waals surface area contributed by atoms with Gasteiger partial charge in [0.2, 0.25) is 0 Å². The quantitative estimate of drug-likeness (QED) is 0.461. The molecule has 1 rings (SSSR count). The lowest BCUT2D eigenvalue weighted by atomic mass is 10.2. The van der Waals surface area contributed by atoms with E-state index in [-0.39, 0.29) is 23.0 Å². The van der Waals surface area contributed by atoms with Crippen LogP contribution in [0.2, 0.25) is 18.1 Å². The molecule has 0 aromatic heterocycles. The molecule has 1 aromatic carbocycles. The zero-order valence-electron chi connectivity index (χ0n) is 16.7. The molecule has 0 spiro atoms. The Labute approximate surface area is 158 Å². The monoisotopic (exact) mass is 408 g/mol. The molecule has 0 amide bonds. The zero-order valence-corrected chi connectivity index (χ0v) is 17.7. The molecule has 154 valence electrons. The highest BCUT2D eigenvalue weighted by molar-refractivity contribution is 6.74. The van der Waals surface area contributed by atoms with E-state index >= 15 is 0 Å². The van der Waals surface area contributed by atoms with Gasteiger partial charge in [0.25, 0.3) is 0 Å². The van der Waals surface area contributed by atoms with Gasteiger partial charge >= 0.3 is 12.3 Å². The van der Waals surface area contributed by atoms with Gasteiger partial charge in [-0.2, -0.15) is 0 Å². The van der Waals surface area contributed by atoms with Crippen LogP contribution in [0.3, 0.4) is 0 Å². The molecule has 0 saturated carbocycles. The molecule has 1 atom stereocenters. The summed E-state index contributed by atoms with van der Waals surface area (Å²) in [6.45, 7) is 12.5. The van der Waals surface area contributed by atoms with Crippen molar-refractivity contribution in [1.82, 2.24) is 0 Å². The molecule has 0 N–H and O–H groups in total. The fraction of sp³-hybridized carbons (Fsp3) is 0.611. The number of rotatable bonds is 7. The highest BCUT2D eigenvalue weighted by Gasteiger charge is 2.37. The first-order chi connectivity index (χ1) is 12.1. The highest BCUT2D eigenvalue weighted by atomic mass is 28.4. The van der Waals surface area contributed by atoms with Crippen LogP contribution in [0.4, 0.5) is 13.2 Å². The molecule has 0 fully saturated rings. The summed E-state index contributed by atoms with van der Waals surface area (Å²) < 4.78 is 57.7. The lowest BCUT2D eigenvalue weighted by Gasteiger charge is -2.36. The Balaban J connectivity index is 2.94. The number of carbonyl (C=O) groups is 1. The van der Waals surface area contributed by atoms with E-state index < -0.39 is 32.5 Å². The molecule has 9 heteroatoms. The second kappa shape index (κ2) is 8.51. The molecule has 0 unspecified atom stereocenters. The van der Waals surface area contributed by atoms with Crippen molar-refractivity contribution in [1.29, 1.82) is 0 Å². The Morgan fingerprint density at radius 3 is 2.15 bits per heavy atom.